The molecule has 6 aliphatic rings. The first-order chi connectivity index (χ1) is 25.4. The number of ether oxygens (including phenoxy) is 7. The molecule has 3 heterocycles. The van der Waals surface area contributed by atoms with Gasteiger partial charge in [-0.05, 0) is 115 Å². The molecule has 6 rings (SSSR count). The number of esters is 1. The third kappa shape index (κ3) is 8.88. The Kier molecular flexibility index (Phi) is 13.7. The van der Waals surface area contributed by atoms with E-state index in [2.05, 4.69) is 57.1 Å². The molecule has 298 valence electrons. The number of hydrogen-bond acceptors (Lipinski definition) is 11. The molecule has 1 N–H and O–H groups in total. The van der Waals surface area contributed by atoms with Gasteiger partial charge < -0.3 is 43.2 Å². The van der Waals surface area contributed by atoms with Gasteiger partial charge in [0.2, 0.25) is 0 Å². The van der Waals surface area contributed by atoms with Gasteiger partial charge in [0.15, 0.2) is 18.4 Å². The Balaban J connectivity index is 1.22. The fraction of sp³-hybridized carbons (Fsp3) is 0.810. The van der Waals surface area contributed by atoms with Crippen LogP contribution in [0.15, 0.2) is 36.0 Å². The van der Waals surface area contributed by atoms with Crippen LogP contribution in [0.4, 0.5) is 0 Å². The lowest BCUT2D eigenvalue weighted by molar-refractivity contribution is -0.311. The molecule has 0 aromatic carbocycles. The van der Waals surface area contributed by atoms with Gasteiger partial charge in [0, 0.05) is 32.1 Å². The molecule has 0 radical (unpaired) electrons. The second-order valence-electron chi connectivity index (χ2n) is 16.6. The van der Waals surface area contributed by atoms with Crippen molar-refractivity contribution in [2.75, 3.05) is 28.3 Å². The van der Waals surface area contributed by atoms with Gasteiger partial charge in [-0.2, -0.15) is 0 Å². The lowest BCUT2D eigenvalue weighted by atomic mass is 9.70. The largest absolute Gasteiger partial charge is 0.458 e. The number of methoxy groups -OCH3 is 2. The van der Waals surface area contributed by atoms with Gasteiger partial charge in [0.25, 0.3) is 0 Å². The SMILES string of the molecule is CC/C=C/[C@H]1CCC[C@H](OC2CC[C@H](N(C)C)[C@@H](C)O2)[C@@H](C)C(=O)C2=CC3C(C=CC4C[C@@H](O[C@@H]5O[C@@H](C)[C@H](OC)[C@@H](O)[C@H]5OC)CC43)C2CC(=O)O1. The van der Waals surface area contributed by atoms with E-state index in [1.807, 2.05) is 19.9 Å². The smallest absolute Gasteiger partial charge is 0.307 e. The molecular formula is C42H65NO10. The first-order valence-corrected chi connectivity index (χ1v) is 20.3. The summed E-state index contributed by atoms with van der Waals surface area (Å²) in [6.07, 6.45) is 12.9. The number of nitrogens with zero attached hydrogens (tertiary/aromatic N) is 1. The summed E-state index contributed by atoms with van der Waals surface area (Å²) in [6, 6.07) is 0.325. The van der Waals surface area contributed by atoms with Crippen molar-refractivity contribution in [3.8, 4) is 0 Å². The number of Topliss-reactive ketones (excluding diaryl/α,β-unsaturated/α-hetero) is 1. The average molecular weight is 744 g/mol. The summed E-state index contributed by atoms with van der Waals surface area (Å²) < 4.78 is 43.1. The summed E-state index contributed by atoms with van der Waals surface area (Å²) in [6.45, 7) is 8.05. The lowest BCUT2D eigenvalue weighted by Crippen LogP contribution is -2.59. The number of allylic oxidation sites excluding steroid dienone is 5. The molecule has 53 heavy (non-hydrogen) atoms. The van der Waals surface area contributed by atoms with Crippen molar-refractivity contribution >= 4 is 11.8 Å². The minimum absolute atomic E-state index is 0.00750. The Hall–Kier alpha value is -1.96. The Morgan fingerprint density at radius 2 is 1.70 bits per heavy atom. The summed E-state index contributed by atoms with van der Waals surface area (Å²) in [5, 5.41) is 11.0. The molecular weight excluding hydrogens is 678 g/mol. The van der Waals surface area contributed by atoms with Crippen molar-refractivity contribution in [1.82, 2.24) is 4.90 Å². The number of carbonyl (C=O) groups is 2. The second-order valence-corrected chi connectivity index (χ2v) is 16.6. The van der Waals surface area contributed by atoms with Crippen LogP contribution >= 0.6 is 0 Å². The molecule has 3 aliphatic heterocycles. The van der Waals surface area contributed by atoms with Crippen molar-refractivity contribution in [3.63, 3.8) is 0 Å². The molecule has 11 nitrogen and oxygen atoms in total. The van der Waals surface area contributed by atoms with Gasteiger partial charge in [-0.15, -0.1) is 0 Å². The molecule has 0 aromatic heterocycles. The summed E-state index contributed by atoms with van der Waals surface area (Å²) in [7, 11) is 7.27. The van der Waals surface area contributed by atoms with Crippen molar-refractivity contribution in [1.29, 1.82) is 0 Å². The molecule has 3 saturated heterocycles. The number of cyclic esters (lactones) is 1. The number of aliphatic hydroxyl groups is 1. The highest BCUT2D eigenvalue weighted by molar-refractivity contribution is 5.99. The molecule has 17 atom stereocenters. The van der Waals surface area contributed by atoms with E-state index in [1.54, 1.807) is 14.2 Å². The fourth-order valence-electron chi connectivity index (χ4n) is 10.3. The van der Waals surface area contributed by atoms with Crippen molar-refractivity contribution < 1.29 is 47.9 Å². The molecule has 0 bridgehead atoms. The predicted molar refractivity (Wildman–Crippen MR) is 199 cm³/mol. The lowest BCUT2D eigenvalue weighted by Gasteiger charge is -2.42. The number of fused-ring (bicyclic) bond motifs is 5. The van der Waals surface area contributed by atoms with Gasteiger partial charge in [-0.1, -0.05) is 38.2 Å². The van der Waals surface area contributed by atoms with Crippen LogP contribution in [0.5, 0.6) is 0 Å². The molecule has 11 heteroatoms. The van der Waals surface area contributed by atoms with E-state index in [0.717, 1.165) is 44.1 Å². The monoisotopic (exact) mass is 743 g/mol. The third-order valence-electron chi connectivity index (χ3n) is 13.1. The highest BCUT2D eigenvalue weighted by Crippen LogP contribution is 2.54. The molecule has 3 aliphatic carbocycles. The van der Waals surface area contributed by atoms with E-state index in [-0.39, 0.29) is 84.6 Å². The highest BCUT2D eigenvalue weighted by Gasteiger charge is 2.52. The van der Waals surface area contributed by atoms with Gasteiger partial charge in [0.1, 0.15) is 24.4 Å². The van der Waals surface area contributed by atoms with E-state index in [0.29, 0.717) is 18.9 Å². The summed E-state index contributed by atoms with van der Waals surface area (Å²) in [4.78, 5) is 30.5. The zero-order valence-electron chi connectivity index (χ0n) is 33.1. The highest BCUT2D eigenvalue weighted by atomic mass is 16.7. The van der Waals surface area contributed by atoms with Crippen molar-refractivity contribution in [2.45, 2.75) is 153 Å². The number of aliphatic hydroxyl groups excluding tert-OH is 1. The Morgan fingerprint density at radius 3 is 2.40 bits per heavy atom. The van der Waals surface area contributed by atoms with E-state index >= 15 is 0 Å². The van der Waals surface area contributed by atoms with E-state index < -0.39 is 30.5 Å². The van der Waals surface area contributed by atoms with Crippen LogP contribution in [-0.4, -0.2) is 118 Å². The van der Waals surface area contributed by atoms with E-state index in [9.17, 15) is 14.7 Å². The molecule has 6 unspecified atom stereocenters. The Labute approximate surface area is 316 Å². The van der Waals surface area contributed by atoms with Gasteiger partial charge >= 0.3 is 5.97 Å². The minimum atomic E-state index is -0.885. The molecule has 0 aromatic rings. The fourth-order valence-corrected chi connectivity index (χ4v) is 10.3. The molecule has 4 fully saturated rings. The number of ketones is 1. The molecule has 1 saturated carbocycles. The van der Waals surface area contributed by atoms with E-state index in [4.69, 9.17) is 33.2 Å². The van der Waals surface area contributed by atoms with Gasteiger partial charge in [-0.3, -0.25) is 9.59 Å². The summed E-state index contributed by atoms with van der Waals surface area (Å²) in [5.74, 6) is -0.284. The minimum Gasteiger partial charge on any atom is -0.458 e. The Bertz CT molecular complexity index is 1350. The van der Waals surface area contributed by atoms with Gasteiger partial charge in [0.05, 0.1) is 30.8 Å². The molecule has 0 spiro atoms. The zero-order valence-corrected chi connectivity index (χ0v) is 33.1. The van der Waals surface area contributed by atoms with Crippen LogP contribution in [-0.2, 0) is 42.7 Å². The average Bonchev–Trinajstić information content (AvgIpc) is 3.70. The Morgan fingerprint density at radius 1 is 0.925 bits per heavy atom. The maximum atomic E-state index is 14.7. The quantitative estimate of drug-likeness (QED) is 0.242. The predicted octanol–water partition coefficient (Wildman–Crippen LogP) is 5.39. The third-order valence-corrected chi connectivity index (χ3v) is 13.1. The number of rotatable bonds is 9. The summed E-state index contributed by atoms with van der Waals surface area (Å²) in [5.41, 5.74) is 0.733. The van der Waals surface area contributed by atoms with Crippen LogP contribution in [0.2, 0.25) is 0 Å². The van der Waals surface area contributed by atoms with Crippen LogP contribution in [0, 0.1) is 35.5 Å². The number of carbonyl (C=O) groups excluding carboxylic acids is 2. The summed E-state index contributed by atoms with van der Waals surface area (Å²) >= 11 is 0. The van der Waals surface area contributed by atoms with E-state index in [1.165, 1.54) is 0 Å². The number of likely N-dealkylation sites (N-methyl/N-ethyl adjacent to an activating group) is 1. The maximum absolute atomic E-state index is 14.7. The van der Waals surface area contributed by atoms with Crippen LogP contribution in [0.25, 0.3) is 0 Å². The first-order valence-electron chi connectivity index (χ1n) is 20.3. The normalized spacial score (nSPS) is 45.2. The van der Waals surface area contributed by atoms with Crippen LogP contribution < -0.4 is 0 Å². The van der Waals surface area contributed by atoms with Crippen LogP contribution in [0.3, 0.4) is 0 Å². The maximum Gasteiger partial charge on any atom is 0.307 e. The first kappa shape index (κ1) is 40.7. The van der Waals surface area contributed by atoms with Gasteiger partial charge in [-0.25, -0.2) is 0 Å². The van der Waals surface area contributed by atoms with Crippen molar-refractivity contribution in [3.05, 3.63) is 36.0 Å². The topological polar surface area (TPSA) is 122 Å². The molecule has 0 amide bonds. The zero-order chi connectivity index (χ0) is 38.0. The second kappa shape index (κ2) is 17.9. The van der Waals surface area contributed by atoms with Crippen LogP contribution in [0.1, 0.15) is 85.5 Å². The van der Waals surface area contributed by atoms with Crippen molar-refractivity contribution in [2.24, 2.45) is 35.5 Å². The number of hydrogen-bond donors (Lipinski definition) is 1. The standard InChI is InChI=1S/C42H65NO10/c1-9-10-12-27-13-11-14-35(53-37-18-17-34(43(5)6)24(3)49-37)23(2)38(45)33-21-31-29(32(33)22-36(44)51-27)16-15-26-19-28(20-30(26)31)52-42-41(48-8)39(46)40(47-7)25(4)50-42/h10,12,15-16,21,23-32,34-35,37,39-42,46H,9,11,13-14,17-20,22H2,1-8H3/b12-10+/t23-,24-,25+,26?,27+,28-,29?,30?,31?,32?,34+,35+,37?,39-,40+,41-,42+/m1/s1.